The van der Waals surface area contributed by atoms with Crippen molar-refractivity contribution >= 4 is 27.9 Å². The van der Waals surface area contributed by atoms with Crippen molar-refractivity contribution in [1.29, 1.82) is 0 Å². The molecule has 0 bridgehead atoms. The molecule has 0 spiro atoms. The van der Waals surface area contributed by atoms with E-state index in [9.17, 15) is 4.79 Å². The molecule has 1 amide bonds. The number of anilines is 2. The SMILES string of the molecule is CCN(CC)C1CCN(c2cc(N)c(C(=O)NC)s2)C1. The van der Waals surface area contributed by atoms with Crippen LogP contribution >= 0.6 is 11.3 Å². The zero-order valence-electron chi connectivity index (χ0n) is 12.5. The maximum Gasteiger partial charge on any atom is 0.263 e. The highest BCUT2D eigenvalue weighted by atomic mass is 32.1. The van der Waals surface area contributed by atoms with Gasteiger partial charge in [0.1, 0.15) is 4.88 Å². The predicted molar refractivity (Wildman–Crippen MR) is 85.7 cm³/mol. The number of nitrogens with zero attached hydrogens (tertiary/aromatic N) is 2. The van der Waals surface area contributed by atoms with Gasteiger partial charge in [0.25, 0.3) is 5.91 Å². The quantitative estimate of drug-likeness (QED) is 0.866. The molecule has 1 saturated heterocycles. The standard InChI is InChI=1S/C14H24N4OS/c1-4-17(5-2)10-6-7-18(9-10)12-8-11(15)13(20-12)14(19)16-3/h8,10H,4-7,9,15H2,1-3H3,(H,16,19). The van der Waals surface area contributed by atoms with Crippen LogP contribution < -0.4 is 16.0 Å². The van der Waals surface area contributed by atoms with E-state index in [0.717, 1.165) is 31.2 Å². The summed E-state index contributed by atoms with van der Waals surface area (Å²) in [6.45, 7) is 8.65. The Bertz CT molecular complexity index is 470. The molecule has 1 aliphatic heterocycles. The van der Waals surface area contributed by atoms with Gasteiger partial charge in [-0.2, -0.15) is 0 Å². The van der Waals surface area contributed by atoms with E-state index >= 15 is 0 Å². The van der Waals surface area contributed by atoms with Crippen molar-refractivity contribution in [1.82, 2.24) is 10.2 Å². The lowest BCUT2D eigenvalue weighted by atomic mass is 10.2. The predicted octanol–water partition coefficient (Wildman–Crippen LogP) is 1.61. The van der Waals surface area contributed by atoms with Crippen LogP contribution in [0, 0.1) is 0 Å². The van der Waals surface area contributed by atoms with E-state index in [-0.39, 0.29) is 5.91 Å². The minimum absolute atomic E-state index is 0.0989. The van der Waals surface area contributed by atoms with Gasteiger partial charge in [0.05, 0.1) is 10.7 Å². The monoisotopic (exact) mass is 296 g/mol. The molecule has 1 aliphatic rings. The van der Waals surface area contributed by atoms with Crippen LogP contribution in [0.4, 0.5) is 10.7 Å². The Labute approximate surface area is 124 Å². The van der Waals surface area contributed by atoms with E-state index in [1.807, 2.05) is 6.07 Å². The number of nitrogens with one attached hydrogen (secondary N) is 1. The molecule has 20 heavy (non-hydrogen) atoms. The third-order valence-electron chi connectivity index (χ3n) is 3.98. The molecular weight excluding hydrogens is 272 g/mol. The fourth-order valence-corrected chi connectivity index (χ4v) is 3.88. The van der Waals surface area contributed by atoms with Crippen LogP contribution in [0.25, 0.3) is 0 Å². The molecule has 5 nitrogen and oxygen atoms in total. The number of nitrogen functional groups attached to an aromatic ring is 1. The third kappa shape index (κ3) is 2.91. The minimum Gasteiger partial charge on any atom is -0.397 e. The molecule has 3 N–H and O–H groups in total. The van der Waals surface area contributed by atoms with Gasteiger partial charge in [-0.15, -0.1) is 11.3 Å². The average molecular weight is 296 g/mol. The molecule has 2 heterocycles. The molecule has 1 atom stereocenters. The smallest absolute Gasteiger partial charge is 0.263 e. The summed E-state index contributed by atoms with van der Waals surface area (Å²) < 4.78 is 0. The number of thiophene rings is 1. The maximum absolute atomic E-state index is 11.7. The zero-order valence-corrected chi connectivity index (χ0v) is 13.3. The summed E-state index contributed by atoms with van der Waals surface area (Å²) in [5, 5.41) is 3.74. The van der Waals surface area contributed by atoms with Crippen molar-refractivity contribution in [2.45, 2.75) is 26.3 Å². The van der Waals surface area contributed by atoms with E-state index in [4.69, 9.17) is 5.73 Å². The van der Waals surface area contributed by atoms with Crippen molar-refractivity contribution < 1.29 is 4.79 Å². The molecule has 1 aromatic rings. The van der Waals surface area contributed by atoms with Crippen molar-refractivity contribution in [3.8, 4) is 0 Å². The molecular formula is C14H24N4OS. The van der Waals surface area contributed by atoms with Crippen LogP contribution in [0.5, 0.6) is 0 Å². The van der Waals surface area contributed by atoms with Crippen LogP contribution in [-0.4, -0.2) is 50.1 Å². The van der Waals surface area contributed by atoms with Gasteiger partial charge in [-0.05, 0) is 25.6 Å². The van der Waals surface area contributed by atoms with Gasteiger partial charge in [0.15, 0.2) is 0 Å². The molecule has 2 rings (SSSR count). The molecule has 6 heteroatoms. The second-order valence-corrected chi connectivity index (χ2v) is 6.09. The number of likely N-dealkylation sites (N-methyl/N-ethyl adjacent to an activating group) is 1. The number of carbonyl (C=O) groups is 1. The minimum atomic E-state index is -0.0989. The summed E-state index contributed by atoms with van der Waals surface area (Å²) in [7, 11) is 1.63. The second kappa shape index (κ2) is 6.45. The lowest BCUT2D eigenvalue weighted by Gasteiger charge is -2.26. The molecule has 1 aromatic heterocycles. The Morgan fingerprint density at radius 3 is 2.85 bits per heavy atom. The Morgan fingerprint density at radius 1 is 1.55 bits per heavy atom. The first-order chi connectivity index (χ1) is 9.60. The van der Waals surface area contributed by atoms with E-state index in [1.165, 1.54) is 17.8 Å². The summed E-state index contributed by atoms with van der Waals surface area (Å²) in [5.74, 6) is -0.0989. The van der Waals surface area contributed by atoms with Crippen LogP contribution in [0.2, 0.25) is 0 Å². The summed E-state index contributed by atoms with van der Waals surface area (Å²) in [4.78, 5) is 17.2. The molecule has 0 saturated carbocycles. The largest absolute Gasteiger partial charge is 0.397 e. The van der Waals surface area contributed by atoms with Crippen LogP contribution in [0.15, 0.2) is 6.07 Å². The molecule has 112 valence electrons. The molecule has 1 unspecified atom stereocenters. The maximum atomic E-state index is 11.7. The highest BCUT2D eigenvalue weighted by Gasteiger charge is 2.28. The van der Waals surface area contributed by atoms with Crippen molar-refractivity contribution in [2.24, 2.45) is 0 Å². The van der Waals surface area contributed by atoms with Crippen molar-refractivity contribution in [3.05, 3.63) is 10.9 Å². The number of amides is 1. The number of hydrogen-bond acceptors (Lipinski definition) is 5. The van der Waals surface area contributed by atoms with E-state index < -0.39 is 0 Å². The van der Waals surface area contributed by atoms with E-state index in [1.54, 1.807) is 7.05 Å². The summed E-state index contributed by atoms with van der Waals surface area (Å²) in [6.07, 6.45) is 1.18. The van der Waals surface area contributed by atoms with Gasteiger partial charge in [0.2, 0.25) is 0 Å². The van der Waals surface area contributed by atoms with Gasteiger partial charge in [0, 0.05) is 26.2 Å². The Hall–Kier alpha value is -1.27. The van der Waals surface area contributed by atoms with Gasteiger partial charge in [-0.3, -0.25) is 9.69 Å². The highest BCUT2D eigenvalue weighted by molar-refractivity contribution is 7.18. The van der Waals surface area contributed by atoms with Crippen LogP contribution in [0.3, 0.4) is 0 Å². The topological polar surface area (TPSA) is 61.6 Å². The first-order valence-electron chi connectivity index (χ1n) is 7.21. The fraction of sp³-hybridized carbons (Fsp3) is 0.643. The number of rotatable bonds is 5. The normalized spacial score (nSPS) is 18.8. The van der Waals surface area contributed by atoms with Crippen molar-refractivity contribution in [2.75, 3.05) is 43.9 Å². The highest BCUT2D eigenvalue weighted by Crippen LogP contribution is 2.34. The first-order valence-corrected chi connectivity index (χ1v) is 8.02. The van der Waals surface area contributed by atoms with E-state index in [2.05, 4.69) is 29.0 Å². The van der Waals surface area contributed by atoms with E-state index in [0.29, 0.717) is 16.6 Å². The molecule has 1 fully saturated rings. The molecule has 0 aromatic carbocycles. The lowest BCUT2D eigenvalue weighted by molar-refractivity contribution is 0.0968. The van der Waals surface area contributed by atoms with Gasteiger partial charge in [-0.1, -0.05) is 13.8 Å². The average Bonchev–Trinajstić information content (AvgIpc) is 3.06. The molecule has 0 aliphatic carbocycles. The Morgan fingerprint density at radius 2 is 2.25 bits per heavy atom. The van der Waals surface area contributed by atoms with Crippen molar-refractivity contribution in [3.63, 3.8) is 0 Å². The number of nitrogens with two attached hydrogens (primary N) is 1. The zero-order chi connectivity index (χ0) is 14.7. The molecule has 0 radical (unpaired) electrons. The van der Waals surface area contributed by atoms with Gasteiger partial charge < -0.3 is 16.0 Å². The number of carbonyl (C=O) groups excluding carboxylic acids is 1. The Kier molecular flexibility index (Phi) is 4.88. The Balaban J connectivity index is 2.09. The second-order valence-electron chi connectivity index (χ2n) is 5.06. The van der Waals surface area contributed by atoms with Crippen LogP contribution in [0.1, 0.15) is 29.9 Å². The van der Waals surface area contributed by atoms with Crippen LogP contribution in [-0.2, 0) is 0 Å². The van der Waals surface area contributed by atoms with Gasteiger partial charge >= 0.3 is 0 Å². The first kappa shape index (κ1) is 15.1. The van der Waals surface area contributed by atoms with Gasteiger partial charge in [-0.25, -0.2) is 0 Å². The summed E-state index contributed by atoms with van der Waals surface area (Å²) in [6, 6.07) is 2.54. The summed E-state index contributed by atoms with van der Waals surface area (Å²) >= 11 is 1.49. The summed E-state index contributed by atoms with van der Waals surface area (Å²) in [5.41, 5.74) is 6.52. The third-order valence-corrected chi connectivity index (χ3v) is 5.20. The fourth-order valence-electron chi connectivity index (χ4n) is 2.82. The number of hydrogen-bond donors (Lipinski definition) is 2. The lowest BCUT2D eigenvalue weighted by Crippen LogP contribution is -2.37.